The van der Waals surface area contributed by atoms with Gasteiger partial charge in [-0.05, 0) is 68.8 Å². The fourth-order valence-corrected chi connectivity index (χ4v) is 5.26. The Bertz CT molecular complexity index is 938. The van der Waals surface area contributed by atoms with Crippen molar-refractivity contribution in [1.82, 2.24) is 14.5 Å². The third kappa shape index (κ3) is 3.25. The molecule has 1 aliphatic carbocycles. The highest BCUT2D eigenvalue weighted by molar-refractivity contribution is 6.00. The first kappa shape index (κ1) is 20.0. The summed E-state index contributed by atoms with van der Waals surface area (Å²) in [4.78, 5) is 17.3. The van der Waals surface area contributed by atoms with Gasteiger partial charge in [0.05, 0.1) is 5.52 Å². The molecule has 2 aromatic rings. The van der Waals surface area contributed by atoms with E-state index in [0.717, 1.165) is 37.9 Å². The lowest BCUT2D eigenvalue weighted by Crippen LogP contribution is -2.42. The zero-order chi connectivity index (χ0) is 20.5. The number of urea groups is 1. The molecule has 0 spiro atoms. The molecule has 2 amide bonds. The average Bonchev–Trinajstić information content (AvgIpc) is 3.03. The van der Waals surface area contributed by atoms with Gasteiger partial charge in [-0.2, -0.15) is 0 Å². The molecule has 0 saturated carbocycles. The molecule has 29 heavy (non-hydrogen) atoms. The fraction of sp³-hybridized carbons (Fsp3) is 0.542. The predicted octanol–water partition coefficient (Wildman–Crippen LogP) is 4.63. The summed E-state index contributed by atoms with van der Waals surface area (Å²) in [5.41, 5.74) is 9.84. The standard InChI is InChI=1S/C24H34N4O/c1-5-14-27-15-10-12-17-18-11-9-13-21-23(18)19(16-22(17)27)20(6-2)28(21)25-24(29)26(7-3)8-4/h9,11-13,22H,5-8,10,14-16H2,1-4H3,(H,25,29)/t22-/m1/s1. The van der Waals surface area contributed by atoms with Crippen LogP contribution in [0.4, 0.5) is 4.79 Å². The van der Waals surface area contributed by atoms with Gasteiger partial charge >= 0.3 is 6.03 Å². The Labute approximate surface area is 174 Å². The largest absolute Gasteiger partial charge is 0.336 e. The van der Waals surface area contributed by atoms with Gasteiger partial charge in [-0.3, -0.25) is 9.58 Å². The Balaban J connectivity index is 1.83. The lowest BCUT2D eigenvalue weighted by Gasteiger charge is -2.39. The van der Waals surface area contributed by atoms with Crippen molar-refractivity contribution in [2.45, 2.75) is 59.4 Å². The van der Waals surface area contributed by atoms with Crippen LogP contribution in [0, 0.1) is 0 Å². The Kier molecular flexibility index (Phi) is 5.68. The van der Waals surface area contributed by atoms with Gasteiger partial charge in [-0.15, -0.1) is 0 Å². The summed E-state index contributed by atoms with van der Waals surface area (Å²) in [7, 11) is 0. The van der Waals surface area contributed by atoms with Crippen molar-refractivity contribution in [1.29, 1.82) is 0 Å². The molecule has 4 rings (SSSR count). The van der Waals surface area contributed by atoms with Gasteiger partial charge in [0, 0.05) is 36.8 Å². The molecule has 0 saturated heterocycles. The van der Waals surface area contributed by atoms with Crippen LogP contribution in [-0.4, -0.2) is 52.7 Å². The van der Waals surface area contributed by atoms with Gasteiger partial charge < -0.3 is 4.90 Å². The van der Waals surface area contributed by atoms with E-state index in [2.05, 4.69) is 53.1 Å². The SMILES string of the molecule is CCCN1CCC=C2c3cccc4c3c(c(CC)n4NC(=O)N(CC)CC)C[C@H]21. The summed E-state index contributed by atoms with van der Waals surface area (Å²) in [6, 6.07) is 7.00. The summed E-state index contributed by atoms with van der Waals surface area (Å²) in [5, 5.41) is 1.34. The lowest BCUT2D eigenvalue weighted by molar-refractivity contribution is 0.214. The minimum absolute atomic E-state index is 0.0259. The number of aromatic nitrogens is 1. The van der Waals surface area contributed by atoms with Crippen molar-refractivity contribution in [3.8, 4) is 0 Å². The Morgan fingerprint density at radius 1 is 1.21 bits per heavy atom. The van der Waals surface area contributed by atoms with Crippen molar-refractivity contribution in [3.05, 3.63) is 41.1 Å². The predicted molar refractivity (Wildman–Crippen MR) is 121 cm³/mol. The van der Waals surface area contributed by atoms with E-state index in [9.17, 15) is 4.79 Å². The first-order valence-corrected chi connectivity index (χ1v) is 11.3. The van der Waals surface area contributed by atoms with Crippen LogP contribution >= 0.6 is 0 Å². The number of carbonyl (C=O) groups excluding carboxylic acids is 1. The minimum atomic E-state index is -0.0259. The van der Waals surface area contributed by atoms with E-state index in [-0.39, 0.29) is 6.03 Å². The van der Waals surface area contributed by atoms with Crippen LogP contribution in [-0.2, 0) is 12.8 Å². The number of nitrogens with zero attached hydrogens (tertiary/aromatic N) is 3. The lowest BCUT2D eigenvalue weighted by atomic mass is 9.80. The van der Waals surface area contributed by atoms with Crippen molar-refractivity contribution in [2.75, 3.05) is 31.6 Å². The molecule has 156 valence electrons. The molecule has 0 fully saturated rings. The maximum Gasteiger partial charge on any atom is 0.336 e. The maximum absolute atomic E-state index is 12.8. The molecule has 2 heterocycles. The number of hydrogen-bond acceptors (Lipinski definition) is 2. The van der Waals surface area contributed by atoms with Crippen molar-refractivity contribution < 1.29 is 4.79 Å². The number of rotatable bonds is 6. The Morgan fingerprint density at radius 3 is 2.69 bits per heavy atom. The van der Waals surface area contributed by atoms with Gasteiger partial charge in [-0.25, -0.2) is 10.2 Å². The third-order valence-electron chi connectivity index (χ3n) is 6.60. The van der Waals surface area contributed by atoms with Crippen molar-refractivity contribution in [3.63, 3.8) is 0 Å². The van der Waals surface area contributed by atoms with Crippen molar-refractivity contribution in [2.24, 2.45) is 0 Å². The minimum Gasteiger partial charge on any atom is -0.324 e. The molecule has 0 bridgehead atoms. The molecule has 2 aliphatic rings. The number of benzene rings is 1. The topological polar surface area (TPSA) is 40.5 Å². The molecule has 1 N–H and O–H groups in total. The van der Waals surface area contributed by atoms with E-state index in [1.807, 2.05) is 18.7 Å². The molecular weight excluding hydrogens is 360 g/mol. The van der Waals surface area contributed by atoms with Crippen LogP contribution in [0.25, 0.3) is 16.5 Å². The van der Waals surface area contributed by atoms with E-state index in [1.165, 1.54) is 34.2 Å². The Morgan fingerprint density at radius 2 is 2.00 bits per heavy atom. The molecule has 1 aliphatic heterocycles. The second-order valence-corrected chi connectivity index (χ2v) is 8.11. The Hall–Kier alpha value is -2.27. The number of hydrogen-bond donors (Lipinski definition) is 1. The van der Waals surface area contributed by atoms with E-state index in [0.29, 0.717) is 19.1 Å². The monoisotopic (exact) mass is 394 g/mol. The van der Waals surface area contributed by atoms with Gasteiger partial charge in [0.1, 0.15) is 0 Å². The van der Waals surface area contributed by atoms with Crippen molar-refractivity contribution >= 4 is 22.5 Å². The summed E-state index contributed by atoms with van der Waals surface area (Å²) < 4.78 is 2.07. The fourth-order valence-electron chi connectivity index (χ4n) is 5.26. The van der Waals surface area contributed by atoms with Gasteiger partial charge in [0.15, 0.2) is 0 Å². The van der Waals surface area contributed by atoms with Gasteiger partial charge in [0.2, 0.25) is 0 Å². The maximum atomic E-state index is 12.8. The first-order valence-electron chi connectivity index (χ1n) is 11.3. The van der Waals surface area contributed by atoms with Crippen LogP contribution in [0.3, 0.4) is 0 Å². The molecule has 0 unspecified atom stereocenters. The highest BCUT2D eigenvalue weighted by Gasteiger charge is 2.34. The number of nitrogens with one attached hydrogen (secondary N) is 1. The molecule has 5 nitrogen and oxygen atoms in total. The number of carbonyl (C=O) groups is 1. The summed E-state index contributed by atoms with van der Waals surface area (Å²) in [6.07, 6.45) is 6.70. The number of amides is 2. The molecule has 1 atom stereocenters. The summed E-state index contributed by atoms with van der Waals surface area (Å²) in [6.45, 7) is 12.2. The van der Waals surface area contributed by atoms with Crippen LogP contribution < -0.4 is 5.43 Å². The second kappa shape index (κ2) is 8.23. The highest BCUT2D eigenvalue weighted by atomic mass is 16.2. The van der Waals surface area contributed by atoms with Crippen LogP contribution in [0.1, 0.15) is 57.4 Å². The smallest absolute Gasteiger partial charge is 0.324 e. The van der Waals surface area contributed by atoms with Gasteiger partial charge in [0.25, 0.3) is 0 Å². The zero-order valence-corrected chi connectivity index (χ0v) is 18.3. The first-order chi connectivity index (χ1) is 14.1. The summed E-state index contributed by atoms with van der Waals surface area (Å²) in [5.74, 6) is 0. The second-order valence-electron chi connectivity index (χ2n) is 8.11. The van der Waals surface area contributed by atoms with E-state index >= 15 is 0 Å². The van der Waals surface area contributed by atoms with Crippen LogP contribution in [0.2, 0.25) is 0 Å². The van der Waals surface area contributed by atoms with Crippen LogP contribution in [0.5, 0.6) is 0 Å². The van der Waals surface area contributed by atoms with Crippen LogP contribution in [0.15, 0.2) is 24.3 Å². The molecule has 1 aromatic carbocycles. The van der Waals surface area contributed by atoms with Gasteiger partial charge in [-0.1, -0.05) is 32.1 Å². The summed E-state index contributed by atoms with van der Waals surface area (Å²) >= 11 is 0. The van der Waals surface area contributed by atoms with E-state index < -0.39 is 0 Å². The average molecular weight is 395 g/mol. The van der Waals surface area contributed by atoms with E-state index in [4.69, 9.17) is 0 Å². The number of fused-ring (bicyclic) bond motifs is 2. The molecular formula is C24H34N4O. The molecule has 1 aromatic heterocycles. The quantitative estimate of drug-likeness (QED) is 0.776. The van der Waals surface area contributed by atoms with E-state index in [1.54, 1.807) is 0 Å². The third-order valence-corrected chi connectivity index (χ3v) is 6.60. The zero-order valence-electron chi connectivity index (χ0n) is 18.3. The normalized spacial score (nSPS) is 18.5. The highest BCUT2D eigenvalue weighted by Crippen LogP contribution is 2.42. The molecule has 5 heteroatoms. The molecule has 0 radical (unpaired) electrons.